The van der Waals surface area contributed by atoms with E-state index in [-0.39, 0.29) is 0 Å². The van der Waals surface area contributed by atoms with Crippen LogP contribution in [0.15, 0.2) is 16.8 Å². The Morgan fingerprint density at radius 2 is 1.86 bits per heavy atom. The van der Waals surface area contributed by atoms with Crippen molar-refractivity contribution in [3.8, 4) is 11.5 Å². The van der Waals surface area contributed by atoms with Crippen LogP contribution in [-0.4, -0.2) is 47.1 Å². The van der Waals surface area contributed by atoms with Crippen molar-refractivity contribution < 1.29 is 14.1 Å². The third kappa shape index (κ3) is 3.37. The molecule has 1 atom stereocenters. The molecule has 28 heavy (non-hydrogen) atoms. The van der Waals surface area contributed by atoms with Gasteiger partial charge in [-0.1, -0.05) is 11.6 Å². The van der Waals surface area contributed by atoms with E-state index in [2.05, 4.69) is 37.4 Å². The topological polar surface area (TPSA) is 98.4 Å². The number of piperidine rings is 1. The van der Waals surface area contributed by atoms with Gasteiger partial charge in [-0.15, -0.1) is 0 Å². The summed E-state index contributed by atoms with van der Waals surface area (Å²) < 4.78 is 15.6. The number of methoxy groups -OCH3 is 2. The largest absolute Gasteiger partial charge is 0.495 e. The maximum absolute atomic E-state index is 6.22. The van der Waals surface area contributed by atoms with Gasteiger partial charge in [0.2, 0.25) is 11.3 Å². The molecule has 0 bridgehead atoms. The summed E-state index contributed by atoms with van der Waals surface area (Å²) in [6.45, 7) is 3.07. The van der Waals surface area contributed by atoms with Crippen LogP contribution >= 0.6 is 11.6 Å². The fraction of sp³-hybridized carbons (Fsp3) is 0.444. The molecular formula is C18H21ClN6O3. The summed E-state index contributed by atoms with van der Waals surface area (Å²) in [5.41, 5.74) is 1.36. The van der Waals surface area contributed by atoms with Crippen LogP contribution < -0.4 is 19.7 Å². The highest BCUT2D eigenvalue weighted by Crippen LogP contribution is 2.39. The van der Waals surface area contributed by atoms with E-state index in [1.165, 1.54) is 6.42 Å². The zero-order chi connectivity index (χ0) is 19.7. The van der Waals surface area contributed by atoms with Crippen LogP contribution in [0.4, 0.5) is 17.3 Å². The van der Waals surface area contributed by atoms with E-state index < -0.39 is 0 Å². The van der Waals surface area contributed by atoms with E-state index in [1.807, 2.05) is 0 Å². The standard InChI is InChI=1S/C18H21ClN6O3/c1-10-6-4-5-7-25(10)18-17(21-15-16(22-18)24-28-23-15)20-12-9-13(26-2)11(19)8-14(12)27-3/h8-10H,4-7H2,1-3H3,(H,20,21,23)/t10-/m1/s1. The van der Waals surface area contributed by atoms with E-state index in [4.69, 9.17) is 25.7 Å². The van der Waals surface area contributed by atoms with Crippen LogP contribution in [0.3, 0.4) is 0 Å². The van der Waals surface area contributed by atoms with Gasteiger partial charge in [-0.3, -0.25) is 0 Å². The number of nitrogens with one attached hydrogen (secondary N) is 1. The zero-order valence-corrected chi connectivity index (χ0v) is 16.7. The first-order valence-corrected chi connectivity index (χ1v) is 9.44. The van der Waals surface area contributed by atoms with E-state index in [9.17, 15) is 0 Å². The Morgan fingerprint density at radius 1 is 1.11 bits per heavy atom. The van der Waals surface area contributed by atoms with Crippen molar-refractivity contribution >= 4 is 40.2 Å². The molecule has 9 nitrogen and oxygen atoms in total. The van der Waals surface area contributed by atoms with Gasteiger partial charge in [-0.2, -0.15) is 0 Å². The lowest BCUT2D eigenvalue weighted by molar-refractivity contribution is 0.314. The minimum atomic E-state index is 0.329. The molecule has 0 aliphatic carbocycles. The molecule has 1 aliphatic rings. The second-order valence-electron chi connectivity index (χ2n) is 6.66. The highest BCUT2D eigenvalue weighted by atomic mass is 35.5. The molecule has 1 saturated heterocycles. The van der Waals surface area contributed by atoms with Crippen LogP contribution in [0.2, 0.25) is 5.02 Å². The molecule has 0 radical (unpaired) electrons. The number of halogens is 1. The Balaban J connectivity index is 1.81. The first-order valence-electron chi connectivity index (χ1n) is 9.06. The number of anilines is 3. The number of hydrogen-bond acceptors (Lipinski definition) is 9. The van der Waals surface area contributed by atoms with Gasteiger partial charge in [0.05, 0.1) is 24.9 Å². The summed E-state index contributed by atoms with van der Waals surface area (Å²) in [5.74, 6) is 2.32. The average Bonchev–Trinajstić information content (AvgIpc) is 3.16. The van der Waals surface area contributed by atoms with Gasteiger partial charge in [0.25, 0.3) is 0 Å². The van der Waals surface area contributed by atoms with E-state index in [0.717, 1.165) is 19.4 Å². The average molecular weight is 405 g/mol. The summed E-state index contributed by atoms with van der Waals surface area (Å²) in [5, 5.41) is 11.4. The Morgan fingerprint density at radius 3 is 2.57 bits per heavy atom. The number of fused-ring (bicyclic) bond motifs is 1. The Bertz CT molecular complexity index is 995. The molecule has 0 spiro atoms. The Labute approximate surface area is 166 Å². The summed E-state index contributed by atoms with van der Waals surface area (Å²) in [6, 6.07) is 3.79. The second-order valence-corrected chi connectivity index (χ2v) is 7.06. The number of benzene rings is 1. The van der Waals surface area contributed by atoms with Crippen LogP contribution in [0.1, 0.15) is 26.2 Å². The molecule has 1 aliphatic heterocycles. The maximum Gasteiger partial charge on any atom is 0.245 e. The van der Waals surface area contributed by atoms with Gasteiger partial charge in [0.15, 0.2) is 11.6 Å². The van der Waals surface area contributed by atoms with Crippen LogP contribution in [0.5, 0.6) is 11.5 Å². The molecule has 0 unspecified atom stereocenters. The molecule has 1 N–H and O–H groups in total. The third-order valence-electron chi connectivity index (χ3n) is 4.90. The molecule has 1 aromatic carbocycles. The number of nitrogens with zero attached hydrogens (tertiary/aromatic N) is 5. The fourth-order valence-electron chi connectivity index (χ4n) is 3.41. The van der Waals surface area contributed by atoms with Crippen molar-refractivity contribution in [2.75, 3.05) is 31.0 Å². The van der Waals surface area contributed by atoms with Gasteiger partial charge in [0, 0.05) is 24.7 Å². The predicted molar refractivity (Wildman–Crippen MR) is 106 cm³/mol. The summed E-state index contributed by atoms with van der Waals surface area (Å²) in [7, 11) is 3.14. The van der Waals surface area contributed by atoms with Gasteiger partial charge >= 0.3 is 0 Å². The summed E-state index contributed by atoms with van der Waals surface area (Å²) in [6.07, 6.45) is 3.39. The maximum atomic E-state index is 6.22. The molecule has 2 aromatic heterocycles. The first kappa shape index (κ1) is 18.5. The molecule has 1 fully saturated rings. The normalized spacial score (nSPS) is 17.0. The van der Waals surface area contributed by atoms with Crippen molar-refractivity contribution in [3.63, 3.8) is 0 Å². The van der Waals surface area contributed by atoms with Crippen LogP contribution in [0, 0.1) is 0 Å². The van der Waals surface area contributed by atoms with Gasteiger partial charge in [-0.25, -0.2) is 14.6 Å². The third-order valence-corrected chi connectivity index (χ3v) is 5.19. The lowest BCUT2D eigenvalue weighted by Crippen LogP contribution is -2.38. The van der Waals surface area contributed by atoms with E-state index in [0.29, 0.717) is 51.2 Å². The van der Waals surface area contributed by atoms with Gasteiger partial charge in [-0.05, 0) is 36.5 Å². The number of hydrogen-bond donors (Lipinski definition) is 1. The smallest absolute Gasteiger partial charge is 0.245 e. The van der Waals surface area contributed by atoms with Crippen molar-refractivity contribution in [3.05, 3.63) is 17.2 Å². The predicted octanol–water partition coefficient (Wildman–Crippen LogP) is 3.81. The second kappa shape index (κ2) is 7.67. The van der Waals surface area contributed by atoms with Crippen molar-refractivity contribution in [1.29, 1.82) is 0 Å². The zero-order valence-electron chi connectivity index (χ0n) is 15.9. The molecule has 0 amide bonds. The Kier molecular flexibility index (Phi) is 5.08. The minimum absolute atomic E-state index is 0.329. The highest BCUT2D eigenvalue weighted by Gasteiger charge is 2.25. The van der Waals surface area contributed by atoms with E-state index >= 15 is 0 Å². The van der Waals surface area contributed by atoms with Gasteiger partial charge in [0.1, 0.15) is 11.5 Å². The van der Waals surface area contributed by atoms with Crippen LogP contribution in [0.25, 0.3) is 11.3 Å². The first-order chi connectivity index (χ1) is 13.6. The lowest BCUT2D eigenvalue weighted by Gasteiger charge is -2.35. The highest BCUT2D eigenvalue weighted by molar-refractivity contribution is 6.32. The molecular weight excluding hydrogens is 384 g/mol. The summed E-state index contributed by atoms with van der Waals surface area (Å²) >= 11 is 6.22. The number of rotatable bonds is 5. The SMILES string of the molecule is COc1cc(Nc2nc3nonc3nc2N2CCCC[C@H]2C)c(OC)cc1Cl. The van der Waals surface area contributed by atoms with Gasteiger partial charge < -0.3 is 19.7 Å². The molecule has 10 heteroatoms. The van der Waals surface area contributed by atoms with E-state index in [1.54, 1.807) is 26.4 Å². The van der Waals surface area contributed by atoms with Crippen LogP contribution in [-0.2, 0) is 0 Å². The van der Waals surface area contributed by atoms with Crippen molar-refractivity contribution in [1.82, 2.24) is 20.3 Å². The molecule has 0 saturated carbocycles. The lowest BCUT2D eigenvalue weighted by atomic mass is 10.0. The number of aromatic nitrogens is 4. The molecule has 148 valence electrons. The number of ether oxygens (including phenoxy) is 2. The summed E-state index contributed by atoms with van der Waals surface area (Å²) in [4.78, 5) is 11.5. The Hall–Kier alpha value is -2.81. The quantitative estimate of drug-likeness (QED) is 0.680. The minimum Gasteiger partial charge on any atom is -0.495 e. The fourth-order valence-corrected chi connectivity index (χ4v) is 3.64. The monoisotopic (exact) mass is 404 g/mol. The van der Waals surface area contributed by atoms with Crippen molar-refractivity contribution in [2.24, 2.45) is 0 Å². The molecule has 4 rings (SSSR count). The van der Waals surface area contributed by atoms with Crippen molar-refractivity contribution in [2.45, 2.75) is 32.2 Å². The molecule has 3 aromatic rings. The molecule has 3 heterocycles.